The molecule has 0 bridgehead atoms. The van der Waals surface area contributed by atoms with Crippen LogP contribution in [0.2, 0.25) is 0 Å². The Morgan fingerprint density at radius 1 is 1.00 bits per heavy atom. The average Bonchev–Trinajstić information content (AvgIpc) is 2.39. The minimum absolute atomic E-state index is 0.0480. The average molecular weight is 278 g/mol. The Kier molecular flexibility index (Phi) is 3.86. The molecule has 1 aromatic carbocycles. The Hall–Kier alpha value is -1.09. The zero-order valence-corrected chi connectivity index (χ0v) is 12.8. The number of hydrogen-bond donors (Lipinski definition) is 0. The number of benzene rings is 1. The van der Waals surface area contributed by atoms with Gasteiger partial charge >= 0.3 is 0 Å². The number of hydrogen-bond acceptors (Lipinski definition) is 2. The third-order valence-electron chi connectivity index (χ3n) is 3.63. The highest BCUT2D eigenvalue weighted by Gasteiger charge is 2.22. The molecule has 0 N–H and O–H groups in total. The molecule has 104 valence electrons. The van der Waals surface area contributed by atoms with E-state index in [0.717, 1.165) is 24.8 Å². The van der Waals surface area contributed by atoms with Gasteiger partial charge in [-0.2, -0.15) is 0 Å². The Bertz CT molecular complexity index is 572. The van der Waals surface area contributed by atoms with E-state index >= 15 is 0 Å². The zero-order chi connectivity index (χ0) is 14.1. The van der Waals surface area contributed by atoms with Gasteiger partial charge in [-0.15, -0.1) is 0 Å². The summed E-state index contributed by atoms with van der Waals surface area (Å²) in [6, 6.07) is 7.34. The standard InChI is InChI=1S/C16H22O2S/c1-16(2,3)13-9-11-15(12-10-13)19(17,18)14-7-5-4-6-8-14/h7,9-12H,4-6,8H2,1-3H3. The van der Waals surface area contributed by atoms with Crippen LogP contribution in [-0.2, 0) is 15.3 Å². The van der Waals surface area contributed by atoms with Gasteiger partial charge in [0.05, 0.1) is 4.90 Å². The smallest absolute Gasteiger partial charge is 0.202 e. The van der Waals surface area contributed by atoms with Crippen LogP contribution in [0.15, 0.2) is 40.1 Å². The maximum atomic E-state index is 12.5. The van der Waals surface area contributed by atoms with E-state index in [9.17, 15) is 8.42 Å². The summed E-state index contributed by atoms with van der Waals surface area (Å²) in [7, 11) is -3.26. The molecule has 19 heavy (non-hydrogen) atoms. The molecule has 0 fully saturated rings. The molecule has 0 atom stereocenters. The van der Waals surface area contributed by atoms with Crippen LogP contribution in [0, 0.1) is 0 Å². The van der Waals surface area contributed by atoms with Crippen LogP contribution >= 0.6 is 0 Å². The fourth-order valence-corrected chi connectivity index (χ4v) is 3.89. The van der Waals surface area contributed by atoms with Gasteiger partial charge in [0.1, 0.15) is 0 Å². The van der Waals surface area contributed by atoms with Crippen LogP contribution in [0.4, 0.5) is 0 Å². The molecule has 2 rings (SSSR count). The van der Waals surface area contributed by atoms with E-state index in [1.54, 1.807) is 12.1 Å². The van der Waals surface area contributed by atoms with Crippen molar-refractivity contribution in [1.82, 2.24) is 0 Å². The van der Waals surface area contributed by atoms with Crippen LogP contribution < -0.4 is 0 Å². The van der Waals surface area contributed by atoms with Crippen molar-refractivity contribution < 1.29 is 8.42 Å². The monoisotopic (exact) mass is 278 g/mol. The van der Waals surface area contributed by atoms with Crippen molar-refractivity contribution in [3.8, 4) is 0 Å². The Morgan fingerprint density at radius 2 is 1.63 bits per heavy atom. The summed E-state index contributed by atoms with van der Waals surface area (Å²) in [4.78, 5) is 1.02. The van der Waals surface area contributed by atoms with Crippen molar-refractivity contribution >= 4 is 9.84 Å². The van der Waals surface area contributed by atoms with Gasteiger partial charge in [0.25, 0.3) is 0 Å². The molecule has 0 heterocycles. The highest BCUT2D eigenvalue weighted by atomic mass is 32.2. The van der Waals surface area contributed by atoms with Crippen LogP contribution in [0.5, 0.6) is 0 Å². The first kappa shape index (κ1) is 14.3. The van der Waals surface area contributed by atoms with Crippen molar-refractivity contribution in [2.45, 2.75) is 56.8 Å². The van der Waals surface area contributed by atoms with Gasteiger partial charge in [-0.25, -0.2) is 8.42 Å². The molecule has 0 unspecified atom stereocenters. The van der Waals surface area contributed by atoms with Gasteiger partial charge in [0, 0.05) is 4.91 Å². The molecule has 1 aliphatic carbocycles. The van der Waals surface area contributed by atoms with Gasteiger partial charge in [-0.1, -0.05) is 39.0 Å². The van der Waals surface area contributed by atoms with E-state index in [-0.39, 0.29) is 5.41 Å². The van der Waals surface area contributed by atoms with Crippen LogP contribution in [0.3, 0.4) is 0 Å². The Labute approximate surface area is 116 Å². The maximum absolute atomic E-state index is 12.5. The first-order valence-electron chi connectivity index (χ1n) is 6.86. The fourth-order valence-electron chi connectivity index (χ4n) is 2.34. The van der Waals surface area contributed by atoms with E-state index < -0.39 is 9.84 Å². The molecule has 0 amide bonds. The second-order valence-corrected chi connectivity index (χ2v) is 8.20. The molecule has 1 aromatic rings. The minimum atomic E-state index is -3.26. The van der Waals surface area contributed by atoms with Gasteiger partial charge in [0.15, 0.2) is 0 Å². The molecule has 0 radical (unpaired) electrons. The molecule has 0 saturated carbocycles. The van der Waals surface area contributed by atoms with Crippen LogP contribution in [0.25, 0.3) is 0 Å². The van der Waals surface area contributed by atoms with E-state index in [0.29, 0.717) is 16.2 Å². The second-order valence-electron chi connectivity index (χ2n) is 6.19. The molecule has 2 nitrogen and oxygen atoms in total. The van der Waals surface area contributed by atoms with E-state index in [1.165, 1.54) is 0 Å². The topological polar surface area (TPSA) is 34.1 Å². The summed E-state index contributed by atoms with van der Waals surface area (Å²) in [6.07, 6.45) is 5.53. The third kappa shape index (κ3) is 3.08. The molecule has 1 aliphatic rings. The third-order valence-corrected chi connectivity index (χ3v) is 5.58. The lowest BCUT2D eigenvalue weighted by Crippen LogP contribution is -2.12. The summed E-state index contributed by atoms with van der Waals surface area (Å²) >= 11 is 0. The SMILES string of the molecule is CC(C)(C)c1ccc(S(=O)(=O)C2=CCCCC2)cc1. The van der Waals surface area contributed by atoms with Gasteiger partial charge < -0.3 is 0 Å². The summed E-state index contributed by atoms with van der Waals surface area (Å²) in [6.45, 7) is 6.38. The van der Waals surface area contributed by atoms with Gasteiger partial charge in [0.2, 0.25) is 9.84 Å². The predicted molar refractivity (Wildman–Crippen MR) is 78.9 cm³/mol. The first-order valence-corrected chi connectivity index (χ1v) is 8.35. The largest absolute Gasteiger partial charge is 0.219 e. The quantitative estimate of drug-likeness (QED) is 0.812. The van der Waals surface area contributed by atoms with Crippen LogP contribution in [0.1, 0.15) is 52.0 Å². The summed E-state index contributed by atoms with van der Waals surface area (Å²) in [5.74, 6) is 0. The molecular formula is C16H22O2S. The van der Waals surface area contributed by atoms with Crippen LogP contribution in [-0.4, -0.2) is 8.42 Å². The Balaban J connectivity index is 2.34. The first-order chi connectivity index (χ1) is 8.82. The van der Waals surface area contributed by atoms with E-state index in [4.69, 9.17) is 0 Å². The van der Waals surface area contributed by atoms with Crippen molar-refractivity contribution in [2.75, 3.05) is 0 Å². The van der Waals surface area contributed by atoms with E-state index in [2.05, 4.69) is 20.8 Å². The molecule has 0 saturated heterocycles. The summed E-state index contributed by atoms with van der Waals surface area (Å²) < 4.78 is 25.0. The summed E-state index contributed by atoms with van der Waals surface area (Å²) in [5.41, 5.74) is 1.20. The van der Waals surface area contributed by atoms with Gasteiger partial charge in [-0.3, -0.25) is 0 Å². The maximum Gasteiger partial charge on any atom is 0.202 e. The van der Waals surface area contributed by atoms with Crippen molar-refractivity contribution in [1.29, 1.82) is 0 Å². The molecule has 3 heteroatoms. The lowest BCUT2D eigenvalue weighted by molar-refractivity contribution is 0.586. The predicted octanol–water partition coefficient (Wildman–Crippen LogP) is 4.22. The normalized spacial score (nSPS) is 17.1. The number of rotatable bonds is 2. The van der Waals surface area contributed by atoms with Crippen molar-refractivity contribution in [3.63, 3.8) is 0 Å². The van der Waals surface area contributed by atoms with Crippen molar-refractivity contribution in [3.05, 3.63) is 40.8 Å². The van der Waals surface area contributed by atoms with E-state index in [1.807, 2.05) is 18.2 Å². The minimum Gasteiger partial charge on any atom is -0.219 e. The summed E-state index contributed by atoms with van der Waals surface area (Å²) in [5, 5.41) is 0. The molecule has 0 aliphatic heterocycles. The molecule has 0 aromatic heterocycles. The second kappa shape index (κ2) is 5.12. The highest BCUT2D eigenvalue weighted by Crippen LogP contribution is 2.29. The lowest BCUT2D eigenvalue weighted by atomic mass is 9.87. The number of allylic oxidation sites excluding steroid dienone is 2. The molecule has 0 spiro atoms. The number of sulfone groups is 1. The Morgan fingerprint density at radius 3 is 2.11 bits per heavy atom. The van der Waals surface area contributed by atoms with Gasteiger partial charge in [-0.05, 0) is 48.8 Å². The lowest BCUT2D eigenvalue weighted by Gasteiger charge is -2.19. The zero-order valence-electron chi connectivity index (χ0n) is 11.9. The van der Waals surface area contributed by atoms with Crippen molar-refractivity contribution in [2.24, 2.45) is 0 Å². The fraction of sp³-hybridized carbons (Fsp3) is 0.500. The highest BCUT2D eigenvalue weighted by molar-refractivity contribution is 7.95. The molecular weight excluding hydrogens is 256 g/mol.